The zero-order chi connectivity index (χ0) is 6.57. The first kappa shape index (κ1) is 7.30. The molecule has 0 aliphatic heterocycles. The summed E-state index contributed by atoms with van der Waals surface area (Å²) in [5.41, 5.74) is 0. The topological polar surface area (TPSA) is 29.4 Å². The molecule has 42 valence electrons. The molecule has 0 N–H and O–H groups in total. The van der Waals surface area contributed by atoms with Gasteiger partial charge in [0.15, 0.2) is 10.8 Å². The first-order chi connectivity index (χ1) is 3.68. The monoisotopic (exact) mass is 127 g/mol. The lowest BCUT2D eigenvalue weighted by atomic mass is 10.5. The number of ketones is 1. The number of hydrogen-bond acceptors (Lipinski definition) is 2. The van der Waals surface area contributed by atoms with Crippen molar-refractivity contribution in [3.8, 4) is 0 Å². The van der Waals surface area contributed by atoms with Crippen molar-refractivity contribution in [1.82, 2.24) is 0 Å². The van der Waals surface area contributed by atoms with Crippen molar-refractivity contribution >= 4 is 23.5 Å². The molecule has 0 saturated carbocycles. The van der Waals surface area contributed by atoms with E-state index < -0.39 is 0 Å². The van der Waals surface area contributed by atoms with E-state index in [1.165, 1.54) is 6.92 Å². The molecule has 0 bridgehead atoms. The minimum absolute atomic E-state index is 0.0208. The molecule has 3 heteroatoms. The Balaban J connectivity index is 3.99. The third-order valence-corrected chi connectivity index (χ3v) is 0.886. The second-order valence-corrected chi connectivity index (χ2v) is 1.53. The summed E-state index contributed by atoms with van der Waals surface area (Å²) in [6.45, 7) is 6.18. The number of Topliss-reactive ketones (excluding diaryl/α,β-unsaturated/α-hetero) is 1. The van der Waals surface area contributed by atoms with Gasteiger partial charge in [-0.2, -0.15) is 0 Å². The summed E-state index contributed by atoms with van der Waals surface area (Å²) in [5, 5.41) is 0.0208. The minimum atomic E-state index is -0.235. The summed E-state index contributed by atoms with van der Waals surface area (Å²) < 4.78 is 0. The average Bonchev–Trinajstić information content (AvgIpc) is 1.67. The summed E-state index contributed by atoms with van der Waals surface area (Å²) in [4.78, 5) is 13.6. The van der Waals surface area contributed by atoms with Crippen LogP contribution in [0.1, 0.15) is 6.92 Å². The smallest absolute Gasteiger partial charge is 0.189 e. The van der Waals surface area contributed by atoms with Gasteiger partial charge in [-0.25, -0.2) is 4.99 Å². The maximum atomic E-state index is 10.2. The number of carbonyl (C=O) groups excluding carboxylic acids is 1. The largest absolute Gasteiger partial charge is 0.292 e. The molecule has 2 radical (unpaired) electrons. The molecule has 0 unspecified atom stereocenters. The fourth-order valence-corrected chi connectivity index (χ4v) is 0.219. The van der Waals surface area contributed by atoms with Crippen molar-refractivity contribution in [3.63, 3.8) is 0 Å². The highest BCUT2D eigenvalue weighted by Crippen LogP contribution is 1.85. The Kier molecular flexibility index (Phi) is 3.03. The van der Waals surface area contributed by atoms with E-state index in [4.69, 9.17) is 6.58 Å². The van der Waals surface area contributed by atoms with E-state index in [1.54, 1.807) is 0 Å². The van der Waals surface area contributed by atoms with Crippen LogP contribution in [0.4, 0.5) is 0 Å². The molecule has 0 aliphatic rings. The van der Waals surface area contributed by atoms with E-state index in [9.17, 15) is 4.79 Å². The average molecular weight is 127 g/mol. The summed E-state index contributed by atoms with van der Waals surface area (Å²) in [6, 6.07) is 0. The molecule has 0 aromatic heterocycles. The maximum Gasteiger partial charge on any atom is 0.189 e. The highest BCUT2D eigenvalue weighted by atomic mass is 32.1. The van der Waals surface area contributed by atoms with Crippen LogP contribution in [0.5, 0.6) is 0 Å². The first-order valence-electron chi connectivity index (χ1n) is 1.97. The van der Waals surface area contributed by atoms with Crippen LogP contribution >= 0.6 is 12.6 Å². The Labute approximate surface area is 53.7 Å². The fraction of sp³-hybridized carbons (Fsp3) is 0.200. The molecule has 2 nitrogen and oxygen atoms in total. The molecule has 0 saturated heterocycles. The predicted molar refractivity (Wildman–Crippen MR) is 34.6 cm³/mol. The number of nitrogens with zero attached hydrogens (tertiary/aromatic N) is 1. The molecule has 0 amide bonds. The second-order valence-electron chi connectivity index (χ2n) is 1.14. The molecule has 0 rings (SSSR count). The summed E-state index contributed by atoms with van der Waals surface area (Å²) in [7, 11) is 0. The van der Waals surface area contributed by atoms with Crippen LogP contribution in [-0.2, 0) is 4.79 Å². The van der Waals surface area contributed by atoms with Gasteiger partial charge in [-0.3, -0.25) is 4.79 Å². The van der Waals surface area contributed by atoms with Crippen LogP contribution < -0.4 is 0 Å². The third kappa shape index (κ3) is 2.47. The Morgan fingerprint density at radius 3 is 2.50 bits per heavy atom. The number of aliphatic imine (C=N–C) groups is 1. The molecule has 0 aliphatic carbocycles. The highest BCUT2D eigenvalue weighted by Gasteiger charge is 1.96. The maximum absolute atomic E-state index is 10.2. The fourth-order valence-electron chi connectivity index (χ4n) is 0.159. The van der Waals surface area contributed by atoms with E-state index in [-0.39, 0.29) is 10.8 Å². The zero-order valence-corrected chi connectivity index (χ0v) is 5.23. The van der Waals surface area contributed by atoms with Gasteiger partial charge >= 0.3 is 0 Å². The molecular weight excluding hydrogens is 122 g/mol. The predicted octanol–water partition coefficient (Wildman–Crippen LogP) is 1.12. The van der Waals surface area contributed by atoms with Gasteiger partial charge in [-0.1, -0.05) is 12.6 Å². The molecule has 0 aromatic carbocycles. The van der Waals surface area contributed by atoms with Gasteiger partial charge in [-0.15, -0.1) is 0 Å². The number of rotatable bonds is 2. The summed E-state index contributed by atoms with van der Waals surface area (Å²) in [5.74, 6) is -0.235. The first-order valence-corrected chi connectivity index (χ1v) is 2.38. The lowest BCUT2D eigenvalue weighted by Crippen LogP contribution is -1.99. The lowest BCUT2D eigenvalue weighted by Gasteiger charge is -1.82. The number of hydrogen-bond donors (Lipinski definition) is 0. The Hall–Kier alpha value is -0.700. The van der Waals surface area contributed by atoms with Crippen LogP contribution in [0.15, 0.2) is 11.2 Å². The molecule has 0 heterocycles. The molecule has 0 fully saturated rings. The second kappa shape index (κ2) is 3.32. The molecule has 8 heavy (non-hydrogen) atoms. The molecule has 0 atom stereocenters. The summed E-state index contributed by atoms with van der Waals surface area (Å²) in [6.07, 6.45) is 1.00. The minimum Gasteiger partial charge on any atom is -0.292 e. The van der Waals surface area contributed by atoms with Crippen LogP contribution in [0.25, 0.3) is 0 Å². The van der Waals surface area contributed by atoms with Gasteiger partial charge in [0.1, 0.15) is 0 Å². The van der Waals surface area contributed by atoms with Crippen molar-refractivity contribution in [2.75, 3.05) is 0 Å². The quantitative estimate of drug-likeness (QED) is 0.403. The SMILES string of the molecule is [CH]=CN=C([S])C(C)=O. The Morgan fingerprint density at radius 2 is 2.38 bits per heavy atom. The van der Waals surface area contributed by atoms with E-state index in [1.807, 2.05) is 0 Å². The zero-order valence-electron chi connectivity index (χ0n) is 4.42. The van der Waals surface area contributed by atoms with Gasteiger partial charge in [0, 0.05) is 13.1 Å². The van der Waals surface area contributed by atoms with Gasteiger partial charge in [0.05, 0.1) is 0 Å². The van der Waals surface area contributed by atoms with Crippen LogP contribution in [0.3, 0.4) is 0 Å². The van der Waals surface area contributed by atoms with Crippen LogP contribution in [0, 0.1) is 6.58 Å². The van der Waals surface area contributed by atoms with E-state index >= 15 is 0 Å². The van der Waals surface area contributed by atoms with E-state index in [2.05, 4.69) is 17.6 Å². The van der Waals surface area contributed by atoms with E-state index in [0.29, 0.717) is 0 Å². The Bertz CT molecular complexity index is 139. The van der Waals surface area contributed by atoms with Crippen molar-refractivity contribution < 1.29 is 4.79 Å². The van der Waals surface area contributed by atoms with Gasteiger partial charge in [0.25, 0.3) is 0 Å². The third-order valence-electron chi connectivity index (χ3n) is 0.493. The van der Waals surface area contributed by atoms with E-state index in [0.717, 1.165) is 6.20 Å². The van der Waals surface area contributed by atoms with Crippen LogP contribution in [-0.4, -0.2) is 10.8 Å². The van der Waals surface area contributed by atoms with Crippen LogP contribution in [0.2, 0.25) is 0 Å². The normalized spacial score (nSPS) is 10.9. The summed E-state index contributed by atoms with van der Waals surface area (Å²) >= 11 is 4.45. The lowest BCUT2D eigenvalue weighted by molar-refractivity contribution is -0.110. The van der Waals surface area contributed by atoms with Gasteiger partial charge in [0.2, 0.25) is 0 Å². The highest BCUT2D eigenvalue weighted by molar-refractivity contribution is 7.99. The van der Waals surface area contributed by atoms with Crippen molar-refractivity contribution in [2.24, 2.45) is 4.99 Å². The molecule has 0 spiro atoms. The van der Waals surface area contributed by atoms with Gasteiger partial charge < -0.3 is 0 Å². The number of carbonyl (C=O) groups is 1. The van der Waals surface area contributed by atoms with Crippen molar-refractivity contribution in [2.45, 2.75) is 6.92 Å². The standard InChI is InChI=1S/C5H5NOS/c1-3-6-5(8)4(2)7/h1,3H,2H3. The molecule has 0 aromatic rings. The van der Waals surface area contributed by atoms with Crippen molar-refractivity contribution in [1.29, 1.82) is 0 Å². The van der Waals surface area contributed by atoms with Gasteiger partial charge in [-0.05, 0) is 6.58 Å². The van der Waals surface area contributed by atoms with Crippen molar-refractivity contribution in [3.05, 3.63) is 12.8 Å². The Morgan fingerprint density at radius 1 is 1.88 bits per heavy atom. The molecular formula is C5H5NOS.